The van der Waals surface area contributed by atoms with E-state index in [0.29, 0.717) is 29.2 Å². The molecule has 0 radical (unpaired) electrons. The molecule has 1 aromatic carbocycles. The van der Waals surface area contributed by atoms with Crippen LogP contribution in [0.25, 0.3) is 10.9 Å². The molecule has 14 heteroatoms. The van der Waals surface area contributed by atoms with E-state index >= 15 is 0 Å². The molecule has 2 N–H and O–H groups in total. The number of pyridine rings is 1. The number of anilines is 2. The van der Waals surface area contributed by atoms with Crippen LogP contribution in [-0.2, 0) is 17.1 Å². The number of aryl methyl sites for hydroxylation is 2. The minimum absolute atomic E-state index is 0.0239. The predicted octanol–water partition coefficient (Wildman–Crippen LogP) is 3.64. The first-order valence-electron chi connectivity index (χ1n) is 13.8. The van der Waals surface area contributed by atoms with E-state index in [1.165, 1.54) is 6.07 Å². The van der Waals surface area contributed by atoms with Crippen molar-refractivity contribution in [2.75, 3.05) is 29.6 Å². The fourth-order valence-electron chi connectivity index (χ4n) is 5.47. The summed E-state index contributed by atoms with van der Waals surface area (Å²) in [5, 5.41) is 3.77. The number of nitrogens with one attached hydrogen (secondary N) is 2. The Balaban J connectivity index is 1.54. The zero-order chi connectivity index (χ0) is 31.1. The van der Waals surface area contributed by atoms with E-state index in [4.69, 9.17) is 16.6 Å². The van der Waals surface area contributed by atoms with Gasteiger partial charge in [0.15, 0.2) is 5.69 Å². The van der Waals surface area contributed by atoms with Crippen LogP contribution in [0.4, 0.5) is 11.6 Å². The molecule has 12 nitrogen and oxygen atoms in total. The van der Waals surface area contributed by atoms with Crippen molar-refractivity contribution < 1.29 is 13.2 Å². The lowest BCUT2D eigenvalue weighted by molar-refractivity contribution is 0.0977. The third-order valence-electron chi connectivity index (χ3n) is 7.43. The molecule has 43 heavy (non-hydrogen) atoms. The minimum Gasteiger partial charge on any atom is -0.377 e. The number of hydrogen-bond acceptors (Lipinski definition) is 10. The molecule has 0 bridgehead atoms. The van der Waals surface area contributed by atoms with Crippen molar-refractivity contribution in [3.8, 4) is 0 Å². The van der Waals surface area contributed by atoms with Crippen molar-refractivity contribution >= 4 is 50.1 Å². The van der Waals surface area contributed by atoms with Crippen molar-refractivity contribution in [1.29, 1.82) is 0 Å². The average molecular weight is 625 g/mol. The van der Waals surface area contributed by atoms with E-state index in [2.05, 4.69) is 25.2 Å². The van der Waals surface area contributed by atoms with Crippen LogP contribution in [0.1, 0.15) is 64.9 Å². The molecule has 0 spiro atoms. The molecule has 1 aliphatic rings. The molecular weight excluding hydrogens is 592 g/mol. The van der Waals surface area contributed by atoms with E-state index < -0.39 is 22.0 Å². The van der Waals surface area contributed by atoms with Gasteiger partial charge in [-0.2, -0.15) is 0 Å². The van der Waals surface area contributed by atoms with Gasteiger partial charge in [-0.25, -0.2) is 33.1 Å². The number of halogens is 1. The van der Waals surface area contributed by atoms with Crippen molar-refractivity contribution in [2.45, 2.75) is 45.6 Å². The molecule has 1 aliphatic heterocycles. The molecule has 1 saturated heterocycles. The maximum atomic E-state index is 13.7. The lowest BCUT2D eigenvalue weighted by atomic mass is 9.96. The highest BCUT2D eigenvalue weighted by molar-refractivity contribution is 7.89. The highest BCUT2D eigenvalue weighted by Crippen LogP contribution is 2.31. The molecule has 2 atom stereocenters. The number of benzene rings is 1. The molecule has 0 saturated carbocycles. The Kier molecular flexibility index (Phi) is 8.39. The highest BCUT2D eigenvalue weighted by Gasteiger charge is 2.28. The number of amides is 1. The van der Waals surface area contributed by atoms with Gasteiger partial charge in [0.1, 0.15) is 11.0 Å². The zero-order valence-electron chi connectivity index (χ0n) is 24.5. The number of fused-ring (bicyclic) bond motifs is 1. The third-order valence-corrected chi connectivity index (χ3v) is 8.20. The molecule has 1 amide bonds. The number of carbonyl (C=O) groups is 1. The van der Waals surface area contributed by atoms with E-state index in [0.717, 1.165) is 42.5 Å². The third kappa shape index (κ3) is 6.62. The quantitative estimate of drug-likeness (QED) is 0.292. The Bertz CT molecular complexity index is 1900. The van der Waals surface area contributed by atoms with Gasteiger partial charge in [-0.3, -0.25) is 14.2 Å². The number of hydrogen-bond donors (Lipinski definition) is 2. The van der Waals surface area contributed by atoms with Crippen LogP contribution in [0, 0.1) is 13.8 Å². The Morgan fingerprint density at radius 2 is 1.91 bits per heavy atom. The van der Waals surface area contributed by atoms with Crippen LogP contribution >= 0.6 is 11.6 Å². The molecule has 226 valence electrons. The number of sulfonamides is 1. The van der Waals surface area contributed by atoms with E-state index in [-0.39, 0.29) is 28.0 Å². The molecule has 5 rings (SSSR count). The number of nitrogens with zero attached hydrogens (tertiary/aromatic N) is 6. The summed E-state index contributed by atoms with van der Waals surface area (Å²) in [6.07, 6.45) is 4.39. The normalized spacial score (nSPS) is 16.2. The summed E-state index contributed by atoms with van der Waals surface area (Å²) < 4.78 is 27.0. The van der Waals surface area contributed by atoms with Crippen molar-refractivity contribution in [2.24, 2.45) is 7.05 Å². The first-order chi connectivity index (χ1) is 20.3. The molecule has 4 aromatic rings. The van der Waals surface area contributed by atoms with Crippen molar-refractivity contribution in [3.63, 3.8) is 0 Å². The Morgan fingerprint density at radius 1 is 1.14 bits per heavy atom. The van der Waals surface area contributed by atoms with Crippen molar-refractivity contribution in [1.82, 2.24) is 29.2 Å². The second kappa shape index (κ2) is 11.9. The van der Waals surface area contributed by atoms with Crippen LogP contribution < -0.4 is 20.5 Å². The van der Waals surface area contributed by atoms with Gasteiger partial charge >= 0.3 is 0 Å². The Hall–Kier alpha value is -4.10. The second-order valence-electron chi connectivity index (χ2n) is 11.0. The zero-order valence-corrected chi connectivity index (χ0v) is 26.1. The van der Waals surface area contributed by atoms with E-state index in [1.807, 2.05) is 43.7 Å². The monoisotopic (exact) mass is 624 g/mol. The topological polar surface area (TPSA) is 152 Å². The number of aromatic nitrogens is 5. The van der Waals surface area contributed by atoms with Gasteiger partial charge in [-0.1, -0.05) is 17.7 Å². The largest absolute Gasteiger partial charge is 0.377 e. The molecule has 0 aliphatic carbocycles. The second-order valence-corrected chi connectivity index (χ2v) is 13.1. The fraction of sp³-hybridized carbons (Fsp3) is 0.379. The van der Waals surface area contributed by atoms with Crippen LogP contribution in [0.3, 0.4) is 0 Å². The highest BCUT2D eigenvalue weighted by atomic mass is 35.5. The summed E-state index contributed by atoms with van der Waals surface area (Å²) in [6, 6.07) is 8.24. The standard InChI is InChI=1S/C29H33ClN8O4S/c1-16-13-20(18(3)33-22-8-9-23(30)34-25(22)27(39)36-43(5,41)42)24-21(14-16)28(40)37(4)26(35-24)19-7-6-12-38(15-19)29-31-11-10-17(2)32-29/h8-11,13-14,18-19,33H,6-7,12,15H2,1-5H3,(H,36,39)/t18-,19+/m1/s1. The maximum Gasteiger partial charge on any atom is 0.285 e. The van der Waals surface area contributed by atoms with Gasteiger partial charge in [0, 0.05) is 43.5 Å². The average Bonchev–Trinajstić information content (AvgIpc) is 2.95. The summed E-state index contributed by atoms with van der Waals surface area (Å²) in [6.45, 7) is 7.15. The summed E-state index contributed by atoms with van der Waals surface area (Å²) in [4.78, 5) is 46.8. The van der Waals surface area contributed by atoms with Crippen LogP contribution in [0.15, 0.2) is 41.3 Å². The Morgan fingerprint density at radius 3 is 2.63 bits per heavy atom. The fourth-order valence-corrected chi connectivity index (χ4v) is 6.06. The number of carbonyl (C=O) groups excluding carboxylic acids is 1. The molecule has 1 fully saturated rings. The maximum absolute atomic E-state index is 13.7. The first kappa shape index (κ1) is 30.4. The van der Waals surface area contributed by atoms with Gasteiger partial charge in [-0.15, -0.1) is 0 Å². The van der Waals surface area contributed by atoms with Gasteiger partial charge in [-0.05, 0) is 63.4 Å². The smallest absolute Gasteiger partial charge is 0.285 e. The van der Waals surface area contributed by atoms with Gasteiger partial charge in [0.25, 0.3) is 11.5 Å². The summed E-state index contributed by atoms with van der Waals surface area (Å²) in [7, 11) is -2.08. The Labute approximate surface area is 254 Å². The number of piperidine rings is 1. The predicted molar refractivity (Wildman–Crippen MR) is 166 cm³/mol. The summed E-state index contributed by atoms with van der Waals surface area (Å²) in [5.41, 5.74) is 3.00. The minimum atomic E-state index is -3.83. The van der Waals surface area contributed by atoms with Crippen LogP contribution in [0.2, 0.25) is 5.15 Å². The van der Waals surface area contributed by atoms with Crippen molar-refractivity contribution in [3.05, 3.63) is 80.4 Å². The molecule has 4 heterocycles. The SMILES string of the molecule is Cc1cc([C@@H](C)Nc2ccc(Cl)nc2C(=O)NS(C)(=O)=O)c2nc([C@H]3CCCN(c4nccc(C)n4)C3)n(C)c(=O)c2c1. The van der Waals surface area contributed by atoms with E-state index in [9.17, 15) is 18.0 Å². The van der Waals surface area contributed by atoms with Gasteiger partial charge < -0.3 is 10.2 Å². The summed E-state index contributed by atoms with van der Waals surface area (Å²) >= 11 is 6.04. The van der Waals surface area contributed by atoms with Gasteiger partial charge in [0.05, 0.1) is 28.9 Å². The van der Waals surface area contributed by atoms with Crippen LogP contribution in [0.5, 0.6) is 0 Å². The number of rotatable bonds is 7. The molecular formula is C29H33ClN8O4S. The lowest BCUT2D eigenvalue weighted by Gasteiger charge is -2.33. The molecule has 3 aromatic heterocycles. The lowest BCUT2D eigenvalue weighted by Crippen LogP contribution is -2.38. The van der Waals surface area contributed by atoms with E-state index in [1.54, 1.807) is 23.9 Å². The van der Waals surface area contributed by atoms with Crippen LogP contribution in [-0.4, -0.2) is 58.2 Å². The summed E-state index contributed by atoms with van der Waals surface area (Å²) in [5.74, 6) is 0.400. The van der Waals surface area contributed by atoms with Gasteiger partial charge in [0.2, 0.25) is 16.0 Å². The first-order valence-corrected chi connectivity index (χ1v) is 16.1. The molecule has 0 unspecified atom stereocenters.